The monoisotopic (exact) mass is 286 g/mol. The van der Waals surface area contributed by atoms with Crippen LogP contribution in [0.4, 0.5) is 0 Å². The summed E-state index contributed by atoms with van der Waals surface area (Å²) in [5, 5.41) is 8.48. The Hall–Kier alpha value is -1.43. The third kappa shape index (κ3) is 6.33. The van der Waals surface area contributed by atoms with Crippen LogP contribution in [-0.4, -0.2) is 29.9 Å². The SMILES string of the molecule is COC(=O)c1ccc(CSCCCCCC(=O)O)o1. The van der Waals surface area contributed by atoms with Gasteiger partial charge >= 0.3 is 11.9 Å². The van der Waals surface area contributed by atoms with Gasteiger partial charge in [-0.3, -0.25) is 4.79 Å². The number of carboxylic acids is 1. The minimum absolute atomic E-state index is 0.222. The van der Waals surface area contributed by atoms with Crippen LogP contribution < -0.4 is 0 Å². The van der Waals surface area contributed by atoms with Gasteiger partial charge in [-0.2, -0.15) is 11.8 Å². The number of methoxy groups -OCH3 is 1. The molecule has 1 N–H and O–H groups in total. The molecule has 0 aliphatic heterocycles. The fourth-order valence-electron chi connectivity index (χ4n) is 1.50. The molecule has 106 valence electrons. The summed E-state index contributed by atoms with van der Waals surface area (Å²) in [6, 6.07) is 3.37. The number of hydrogen-bond donors (Lipinski definition) is 1. The third-order valence-electron chi connectivity index (χ3n) is 2.47. The Morgan fingerprint density at radius 2 is 2.11 bits per heavy atom. The van der Waals surface area contributed by atoms with Crippen LogP contribution in [0.2, 0.25) is 0 Å². The molecule has 19 heavy (non-hydrogen) atoms. The highest BCUT2D eigenvalue weighted by molar-refractivity contribution is 7.98. The molecule has 0 bridgehead atoms. The maximum absolute atomic E-state index is 11.2. The Kier molecular flexibility index (Phi) is 7.10. The van der Waals surface area contributed by atoms with Gasteiger partial charge in [0.1, 0.15) is 5.76 Å². The summed E-state index contributed by atoms with van der Waals surface area (Å²) in [5.41, 5.74) is 0. The number of carboxylic acid groups (broad SMARTS) is 1. The van der Waals surface area contributed by atoms with Gasteiger partial charge in [-0.05, 0) is 30.7 Å². The molecule has 1 aromatic rings. The van der Waals surface area contributed by atoms with Crippen LogP contribution in [0.3, 0.4) is 0 Å². The molecule has 0 fully saturated rings. The second kappa shape index (κ2) is 8.63. The molecule has 0 aliphatic rings. The second-order valence-corrected chi connectivity index (χ2v) is 5.12. The van der Waals surface area contributed by atoms with Gasteiger partial charge in [-0.25, -0.2) is 4.79 Å². The van der Waals surface area contributed by atoms with E-state index in [2.05, 4.69) is 4.74 Å². The number of furan rings is 1. The Morgan fingerprint density at radius 3 is 2.79 bits per heavy atom. The van der Waals surface area contributed by atoms with Gasteiger partial charge in [0.2, 0.25) is 5.76 Å². The van der Waals surface area contributed by atoms with Crippen molar-refractivity contribution >= 4 is 23.7 Å². The summed E-state index contributed by atoms with van der Waals surface area (Å²) in [6.45, 7) is 0. The van der Waals surface area contributed by atoms with Crippen LogP contribution in [0.15, 0.2) is 16.5 Å². The molecular weight excluding hydrogens is 268 g/mol. The fraction of sp³-hybridized carbons (Fsp3) is 0.538. The Morgan fingerprint density at radius 1 is 1.32 bits per heavy atom. The van der Waals surface area contributed by atoms with Crippen LogP contribution in [0.1, 0.15) is 42.0 Å². The van der Waals surface area contributed by atoms with Crippen molar-refractivity contribution in [3.63, 3.8) is 0 Å². The zero-order chi connectivity index (χ0) is 14.1. The number of carbonyl (C=O) groups excluding carboxylic acids is 1. The lowest BCUT2D eigenvalue weighted by Crippen LogP contribution is -1.98. The van der Waals surface area contributed by atoms with Crippen molar-refractivity contribution in [3.05, 3.63) is 23.7 Å². The van der Waals surface area contributed by atoms with Crippen LogP contribution in [0, 0.1) is 0 Å². The molecular formula is C13H18O5S. The molecule has 1 heterocycles. The number of aliphatic carboxylic acids is 1. The van der Waals surface area contributed by atoms with Gasteiger partial charge in [0, 0.05) is 6.42 Å². The topological polar surface area (TPSA) is 76.7 Å². The maximum Gasteiger partial charge on any atom is 0.373 e. The summed E-state index contributed by atoms with van der Waals surface area (Å²) in [5.74, 6) is 1.42. The van der Waals surface area contributed by atoms with Crippen molar-refractivity contribution in [1.29, 1.82) is 0 Å². The van der Waals surface area contributed by atoms with Crippen LogP contribution in [0.5, 0.6) is 0 Å². The zero-order valence-corrected chi connectivity index (χ0v) is 11.7. The van der Waals surface area contributed by atoms with Crippen molar-refractivity contribution in [2.24, 2.45) is 0 Å². The van der Waals surface area contributed by atoms with Crippen molar-refractivity contribution in [3.8, 4) is 0 Å². The van der Waals surface area contributed by atoms with Crippen LogP contribution in [0.25, 0.3) is 0 Å². The largest absolute Gasteiger partial charge is 0.481 e. The average Bonchev–Trinajstić information content (AvgIpc) is 2.85. The van der Waals surface area contributed by atoms with E-state index in [0.29, 0.717) is 5.75 Å². The van der Waals surface area contributed by atoms with E-state index in [0.717, 1.165) is 30.8 Å². The summed E-state index contributed by atoms with van der Waals surface area (Å²) >= 11 is 1.70. The number of unbranched alkanes of at least 4 members (excludes halogenated alkanes) is 2. The summed E-state index contributed by atoms with van der Waals surface area (Å²) in [4.78, 5) is 21.5. The van der Waals surface area contributed by atoms with E-state index in [9.17, 15) is 9.59 Å². The fourth-order valence-corrected chi connectivity index (χ4v) is 2.40. The Bertz CT molecular complexity index is 413. The van der Waals surface area contributed by atoms with Crippen molar-refractivity contribution in [2.45, 2.75) is 31.4 Å². The maximum atomic E-state index is 11.2. The molecule has 0 aromatic carbocycles. The second-order valence-electron chi connectivity index (χ2n) is 4.01. The van der Waals surface area contributed by atoms with Gasteiger partial charge in [0.15, 0.2) is 0 Å². The first-order chi connectivity index (χ1) is 9.13. The minimum Gasteiger partial charge on any atom is -0.481 e. The molecule has 0 aliphatic carbocycles. The van der Waals surface area contributed by atoms with E-state index in [1.165, 1.54) is 7.11 Å². The summed E-state index contributed by atoms with van der Waals surface area (Å²) in [7, 11) is 1.32. The van der Waals surface area contributed by atoms with E-state index in [1.54, 1.807) is 23.9 Å². The Labute approximate surface area is 116 Å². The highest BCUT2D eigenvalue weighted by atomic mass is 32.2. The number of rotatable bonds is 9. The molecule has 0 saturated heterocycles. The standard InChI is InChI=1S/C13H18O5S/c1-17-13(16)11-7-6-10(18-11)9-19-8-4-2-3-5-12(14)15/h6-7H,2-5,8-9H2,1H3,(H,14,15). The number of carbonyl (C=O) groups is 2. The lowest BCUT2D eigenvalue weighted by Gasteiger charge is -1.99. The molecule has 0 unspecified atom stereocenters. The average molecular weight is 286 g/mol. The molecule has 0 radical (unpaired) electrons. The number of hydrogen-bond acceptors (Lipinski definition) is 5. The normalized spacial score (nSPS) is 10.4. The molecule has 6 heteroatoms. The lowest BCUT2D eigenvalue weighted by atomic mass is 10.2. The smallest absolute Gasteiger partial charge is 0.373 e. The number of ether oxygens (including phenoxy) is 1. The molecule has 1 aromatic heterocycles. The first-order valence-corrected chi connectivity index (χ1v) is 7.25. The Balaban J connectivity index is 2.11. The predicted octanol–water partition coefficient (Wildman–Crippen LogP) is 2.94. The van der Waals surface area contributed by atoms with Crippen molar-refractivity contribution in [2.75, 3.05) is 12.9 Å². The van der Waals surface area contributed by atoms with E-state index >= 15 is 0 Å². The van der Waals surface area contributed by atoms with Gasteiger partial charge < -0.3 is 14.3 Å². The molecule has 0 spiro atoms. The zero-order valence-electron chi connectivity index (χ0n) is 10.9. The molecule has 0 amide bonds. The third-order valence-corrected chi connectivity index (χ3v) is 3.54. The quantitative estimate of drug-likeness (QED) is 0.555. The number of thioether (sulfide) groups is 1. The molecule has 5 nitrogen and oxygen atoms in total. The predicted molar refractivity (Wildman–Crippen MR) is 72.3 cm³/mol. The van der Waals surface area contributed by atoms with Crippen molar-refractivity contribution in [1.82, 2.24) is 0 Å². The van der Waals surface area contributed by atoms with E-state index < -0.39 is 11.9 Å². The lowest BCUT2D eigenvalue weighted by molar-refractivity contribution is -0.137. The number of esters is 1. The van der Waals surface area contributed by atoms with Crippen LogP contribution in [-0.2, 0) is 15.3 Å². The molecule has 1 rings (SSSR count). The summed E-state index contributed by atoms with van der Waals surface area (Å²) in [6.07, 6.45) is 2.88. The van der Waals surface area contributed by atoms with Gasteiger partial charge in [-0.1, -0.05) is 6.42 Å². The molecule has 0 atom stereocenters. The van der Waals surface area contributed by atoms with Gasteiger partial charge in [-0.15, -0.1) is 0 Å². The van der Waals surface area contributed by atoms with Crippen molar-refractivity contribution < 1.29 is 23.8 Å². The van der Waals surface area contributed by atoms with E-state index in [4.69, 9.17) is 9.52 Å². The highest BCUT2D eigenvalue weighted by Gasteiger charge is 2.10. The van der Waals surface area contributed by atoms with Gasteiger partial charge in [0.25, 0.3) is 0 Å². The molecule has 0 saturated carbocycles. The first-order valence-electron chi connectivity index (χ1n) is 6.10. The van der Waals surface area contributed by atoms with Gasteiger partial charge in [0.05, 0.1) is 12.9 Å². The first kappa shape index (κ1) is 15.6. The minimum atomic E-state index is -0.737. The van der Waals surface area contributed by atoms with E-state index in [-0.39, 0.29) is 12.2 Å². The van der Waals surface area contributed by atoms with Crippen LogP contribution >= 0.6 is 11.8 Å². The summed E-state index contributed by atoms with van der Waals surface area (Å²) < 4.78 is 9.87. The highest BCUT2D eigenvalue weighted by Crippen LogP contribution is 2.17. The van der Waals surface area contributed by atoms with E-state index in [1.807, 2.05) is 0 Å².